The van der Waals surface area contributed by atoms with Gasteiger partial charge in [0, 0.05) is 5.38 Å². The highest BCUT2D eigenvalue weighted by Crippen LogP contribution is 2.11. The van der Waals surface area contributed by atoms with Gasteiger partial charge >= 0.3 is 0 Å². The third kappa shape index (κ3) is 3.52. The van der Waals surface area contributed by atoms with E-state index in [-0.39, 0.29) is 5.69 Å². The Morgan fingerprint density at radius 3 is 2.87 bits per heavy atom. The predicted molar refractivity (Wildman–Crippen MR) is 51.2 cm³/mol. The Morgan fingerprint density at radius 1 is 1.73 bits per heavy atom. The number of carbonyl (C=O) groups is 1. The maximum atomic E-state index is 12.6. The molecule has 0 saturated carbocycles. The van der Waals surface area contributed by atoms with E-state index >= 15 is 0 Å². The number of aromatic nitrogens is 1. The van der Waals surface area contributed by atoms with Crippen LogP contribution in [0.2, 0.25) is 0 Å². The van der Waals surface area contributed by atoms with Crippen molar-refractivity contribution in [1.82, 2.24) is 10.3 Å². The van der Waals surface area contributed by atoms with Gasteiger partial charge in [-0.25, -0.2) is 13.8 Å². The Labute approximate surface area is 89.0 Å². The molecule has 2 N–H and O–H groups in total. The first-order chi connectivity index (χ1) is 6.94. The van der Waals surface area contributed by atoms with Crippen LogP contribution in [0.15, 0.2) is 5.38 Å². The van der Waals surface area contributed by atoms with E-state index in [1.165, 1.54) is 16.7 Å². The summed E-state index contributed by atoms with van der Waals surface area (Å²) in [5, 5.41) is 12.4. The van der Waals surface area contributed by atoms with Crippen LogP contribution in [0.1, 0.15) is 15.5 Å². The first-order valence-corrected chi connectivity index (χ1v) is 5.01. The Balaban J connectivity index is 2.50. The van der Waals surface area contributed by atoms with Gasteiger partial charge in [-0.05, 0) is 6.92 Å². The van der Waals surface area contributed by atoms with Crippen LogP contribution in [-0.2, 0) is 0 Å². The van der Waals surface area contributed by atoms with Gasteiger partial charge in [0.15, 0.2) is 0 Å². The minimum Gasteiger partial charge on any atom is -0.390 e. The molecule has 0 aliphatic rings. The minimum absolute atomic E-state index is 0.117. The van der Waals surface area contributed by atoms with E-state index in [1.807, 2.05) is 5.32 Å². The third-order valence-electron chi connectivity index (χ3n) is 1.59. The van der Waals surface area contributed by atoms with Gasteiger partial charge in [-0.2, -0.15) is 0 Å². The molecule has 1 aromatic heterocycles. The summed E-state index contributed by atoms with van der Waals surface area (Å²) in [4.78, 5) is 15.1. The molecule has 0 aliphatic carbocycles. The molecule has 0 aliphatic heterocycles. The Kier molecular flexibility index (Phi) is 3.70. The van der Waals surface area contributed by atoms with Crippen molar-refractivity contribution in [2.45, 2.75) is 12.8 Å². The van der Waals surface area contributed by atoms with E-state index in [0.29, 0.717) is 5.01 Å². The number of aliphatic hydroxyl groups is 1. The van der Waals surface area contributed by atoms with Crippen LogP contribution in [0.25, 0.3) is 0 Å². The zero-order valence-corrected chi connectivity index (χ0v) is 8.77. The molecule has 1 heterocycles. The number of hydrogen-bond donors (Lipinski definition) is 2. The number of rotatable bonds is 4. The third-order valence-corrected chi connectivity index (χ3v) is 2.36. The van der Waals surface area contributed by atoms with Crippen molar-refractivity contribution in [2.75, 3.05) is 13.2 Å². The lowest BCUT2D eigenvalue weighted by atomic mass is 10.3. The van der Waals surface area contributed by atoms with Gasteiger partial charge in [0.05, 0.1) is 11.6 Å². The fourth-order valence-electron chi connectivity index (χ4n) is 0.824. The van der Waals surface area contributed by atoms with Gasteiger partial charge in [-0.1, -0.05) is 0 Å². The molecule has 0 unspecified atom stereocenters. The lowest BCUT2D eigenvalue weighted by molar-refractivity contribution is -0.0462. The van der Waals surface area contributed by atoms with Gasteiger partial charge in [-0.3, -0.25) is 4.79 Å². The number of thiazole rings is 1. The van der Waals surface area contributed by atoms with Crippen molar-refractivity contribution >= 4 is 17.2 Å². The quantitative estimate of drug-likeness (QED) is 0.813. The summed E-state index contributed by atoms with van der Waals surface area (Å²) in [6.45, 7) is -0.466. The van der Waals surface area contributed by atoms with Crippen molar-refractivity contribution in [2.24, 2.45) is 0 Å². The van der Waals surface area contributed by atoms with Crippen LogP contribution < -0.4 is 5.32 Å². The van der Waals surface area contributed by atoms with Crippen molar-refractivity contribution in [3.63, 3.8) is 0 Å². The number of alkyl halides is 2. The minimum atomic E-state index is -3.29. The number of hydrogen-bond acceptors (Lipinski definition) is 4. The first kappa shape index (κ1) is 12.0. The number of nitrogens with zero attached hydrogens (tertiary/aromatic N) is 1. The van der Waals surface area contributed by atoms with Crippen molar-refractivity contribution < 1.29 is 18.7 Å². The van der Waals surface area contributed by atoms with Crippen LogP contribution >= 0.6 is 11.3 Å². The highest BCUT2D eigenvalue weighted by molar-refractivity contribution is 7.09. The second-order valence-corrected chi connectivity index (χ2v) is 4.01. The van der Waals surface area contributed by atoms with Gasteiger partial charge in [0.1, 0.15) is 12.3 Å². The molecular weight excluding hydrogens is 226 g/mol. The average Bonchev–Trinajstić information content (AvgIpc) is 2.61. The number of amides is 1. The SMILES string of the molecule is Cc1nc(C(=O)NCC(F)(F)CO)cs1. The summed E-state index contributed by atoms with van der Waals surface area (Å²) in [6.07, 6.45) is 0. The Bertz CT molecular complexity index is 354. The van der Waals surface area contributed by atoms with Gasteiger partial charge < -0.3 is 10.4 Å². The summed E-state index contributed by atoms with van der Waals surface area (Å²) in [6, 6.07) is 0. The molecule has 1 amide bonds. The normalized spacial score (nSPS) is 11.5. The second kappa shape index (κ2) is 4.63. The monoisotopic (exact) mass is 236 g/mol. The Morgan fingerprint density at radius 2 is 2.40 bits per heavy atom. The largest absolute Gasteiger partial charge is 0.390 e. The average molecular weight is 236 g/mol. The molecule has 1 rings (SSSR count). The fraction of sp³-hybridized carbons (Fsp3) is 0.500. The molecule has 7 heteroatoms. The molecule has 84 valence electrons. The Hall–Kier alpha value is -1.08. The number of nitrogens with one attached hydrogen (secondary N) is 1. The summed E-state index contributed by atoms with van der Waals surface area (Å²) in [5.41, 5.74) is 0.117. The zero-order valence-electron chi connectivity index (χ0n) is 7.96. The van der Waals surface area contributed by atoms with Gasteiger partial charge in [0.25, 0.3) is 11.8 Å². The first-order valence-electron chi connectivity index (χ1n) is 4.13. The number of halogens is 2. The van der Waals surface area contributed by atoms with Crippen LogP contribution in [0, 0.1) is 6.92 Å². The molecular formula is C8H10F2N2O2S. The van der Waals surface area contributed by atoms with E-state index in [4.69, 9.17) is 5.11 Å². The smallest absolute Gasteiger partial charge is 0.287 e. The van der Waals surface area contributed by atoms with Crippen LogP contribution in [0.4, 0.5) is 8.78 Å². The van der Waals surface area contributed by atoms with E-state index in [0.717, 1.165) is 0 Å². The fourth-order valence-corrected chi connectivity index (χ4v) is 1.42. The second-order valence-electron chi connectivity index (χ2n) is 2.95. The van der Waals surface area contributed by atoms with Gasteiger partial charge in [-0.15, -0.1) is 11.3 Å². The lowest BCUT2D eigenvalue weighted by Gasteiger charge is -2.12. The lowest BCUT2D eigenvalue weighted by Crippen LogP contribution is -2.39. The molecule has 0 spiro atoms. The van der Waals surface area contributed by atoms with E-state index in [9.17, 15) is 13.6 Å². The summed E-state index contributed by atoms with van der Waals surface area (Å²) >= 11 is 1.26. The maximum absolute atomic E-state index is 12.6. The van der Waals surface area contributed by atoms with Crippen molar-refractivity contribution in [3.05, 3.63) is 16.1 Å². The highest BCUT2D eigenvalue weighted by Gasteiger charge is 2.28. The van der Waals surface area contributed by atoms with Crippen molar-refractivity contribution in [1.29, 1.82) is 0 Å². The molecule has 1 aromatic rings. The molecule has 4 nitrogen and oxygen atoms in total. The summed E-state index contributed by atoms with van der Waals surface area (Å²) < 4.78 is 25.1. The molecule has 0 radical (unpaired) electrons. The number of carbonyl (C=O) groups excluding carboxylic acids is 1. The topological polar surface area (TPSA) is 62.2 Å². The molecule has 0 bridgehead atoms. The van der Waals surface area contributed by atoms with Crippen LogP contribution in [0.3, 0.4) is 0 Å². The molecule has 0 aromatic carbocycles. The summed E-state index contributed by atoms with van der Waals surface area (Å²) in [5.74, 6) is -3.95. The maximum Gasteiger partial charge on any atom is 0.287 e. The number of aliphatic hydroxyl groups excluding tert-OH is 1. The van der Waals surface area contributed by atoms with Crippen LogP contribution in [-0.4, -0.2) is 35.1 Å². The van der Waals surface area contributed by atoms with E-state index in [2.05, 4.69) is 4.98 Å². The molecule has 0 saturated heterocycles. The van der Waals surface area contributed by atoms with E-state index in [1.54, 1.807) is 6.92 Å². The van der Waals surface area contributed by atoms with E-state index < -0.39 is 25.0 Å². The molecule has 15 heavy (non-hydrogen) atoms. The van der Waals surface area contributed by atoms with Crippen molar-refractivity contribution in [3.8, 4) is 0 Å². The standard InChI is InChI=1S/C8H10F2N2O2S/c1-5-12-6(2-15-5)7(14)11-3-8(9,10)4-13/h2,13H,3-4H2,1H3,(H,11,14). The molecule has 0 fully saturated rings. The highest BCUT2D eigenvalue weighted by atomic mass is 32.1. The molecule has 0 atom stereocenters. The zero-order chi connectivity index (χ0) is 11.5. The predicted octanol–water partition coefficient (Wildman–Crippen LogP) is 0.809. The van der Waals surface area contributed by atoms with Gasteiger partial charge in [0.2, 0.25) is 0 Å². The summed E-state index contributed by atoms with van der Waals surface area (Å²) in [7, 11) is 0. The number of aryl methyl sites for hydroxylation is 1. The van der Waals surface area contributed by atoms with Crippen LogP contribution in [0.5, 0.6) is 0 Å².